The summed E-state index contributed by atoms with van der Waals surface area (Å²) < 4.78 is 0. The largest absolute Gasteiger partial charge is 0.481 e. The number of hydrogen-bond donors (Lipinski definition) is 2. The number of nitrogens with one attached hydrogen (secondary N) is 1. The lowest BCUT2D eigenvalue weighted by Crippen LogP contribution is -2.46. The number of carboxylic acids is 1. The number of amides is 1. The van der Waals surface area contributed by atoms with Crippen LogP contribution < -0.4 is 5.32 Å². The van der Waals surface area contributed by atoms with E-state index in [1.165, 1.54) is 0 Å². The van der Waals surface area contributed by atoms with Crippen molar-refractivity contribution < 1.29 is 14.7 Å². The molecule has 2 N–H and O–H groups in total. The first-order valence-corrected chi connectivity index (χ1v) is 6.10. The minimum Gasteiger partial charge on any atom is -0.481 e. The Hall–Kier alpha value is -1.10. The molecule has 0 aliphatic carbocycles. The van der Waals surface area contributed by atoms with Crippen molar-refractivity contribution in [2.75, 3.05) is 13.1 Å². The topological polar surface area (TPSA) is 69.6 Å². The first kappa shape index (κ1) is 14.0. The molecule has 98 valence electrons. The maximum absolute atomic E-state index is 11.8. The highest BCUT2D eigenvalue weighted by Gasteiger charge is 2.38. The molecule has 0 radical (unpaired) electrons. The third kappa shape index (κ3) is 3.43. The number of likely N-dealkylation sites (tertiary alicyclic amines) is 1. The first-order valence-electron chi connectivity index (χ1n) is 6.10. The molecular formula is C12H22N2O3. The van der Waals surface area contributed by atoms with Gasteiger partial charge in [-0.3, -0.25) is 14.5 Å². The average Bonchev–Trinajstić information content (AvgIpc) is 2.58. The van der Waals surface area contributed by atoms with Crippen molar-refractivity contribution in [1.82, 2.24) is 10.2 Å². The van der Waals surface area contributed by atoms with Crippen molar-refractivity contribution in [3.05, 3.63) is 0 Å². The zero-order valence-corrected chi connectivity index (χ0v) is 10.9. The molecule has 1 unspecified atom stereocenters. The lowest BCUT2D eigenvalue weighted by atomic mass is 9.99. The standard InChI is InChI=1S/C12H22N2O3/c1-7(2)13-11(15)9(4)14-5-8(3)10(6-14)12(16)17/h7-10H,5-6H2,1-4H3,(H,13,15)(H,16,17)/t8-,9?,10-/m1/s1. The van der Waals surface area contributed by atoms with Crippen molar-refractivity contribution in [1.29, 1.82) is 0 Å². The van der Waals surface area contributed by atoms with E-state index < -0.39 is 5.97 Å². The molecule has 5 heteroatoms. The number of carboxylic acid groups (broad SMARTS) is 1. The zero-order chi connectivity index (χ0) is 13.2. The minimum atomic E-state index is -0.767. The summed E-state index contributed by atoms with van der Waals surface area (Å²) >= 11 is 0. The van der Waals surface area contributed by atoms with Crippen molar-refractivity contribution in [3.63, 3.8) is 0 Å². The minimum absolute atomic E-state index is 0.0294. The summed E-state index contributed by atoms with van der Waals surface area (Å²) in [5.41, 5.74) is 0. The molecule has 1 fully saturated rings. The van der Waals surface area contributed by atoms with Gasteiger partial charge in [0.2, 0.25) is 5.91 Å². The van der Waals surface area contributed by atoms with Gasteiger partial charge in [0.05, 0.1) is 12.0 Å². The van der Waals surface area contributed by atoms with Crippen LogP contribution in [0, 0.1) is 11.8 Å². The summed E-state index contributed by atoms with van der Waals surface area (Å²) in [6.45, 7) is 8.71. The lowest BCUT2D eigenvalue weighted by molar-refractivity contribution is -0.142. The Bertz CT molecular complexity index is 304. The Labute approximate surface area is 102 Å². The summed E-state index contributed by atoms with van der Waals surface area (Å²) in [4.78, 5) is 24.8. The predicted molar refractivity (Wildman–Crippen MR) is 64.6 cm³/mol. The van der Waals surface area contributed by atoms with Gasteiger partial charge in [-0.15, -0.1) is 0 Å². The quantitative estimate of drug-likeness (QED) is 0.755. The molecule has 0 spiro atoms. The van der Waals surface area contributed by atoms with E-state index in [-0.39, 0.29) is 29.8 Å². The molecule has 0 aromatic rings. The van der Waals surface area contributed by atoms with Gasteiger partial charge in [0.25, 0.3) is 0 Å². The van der Waals surface area contributed by atoms with E-state index in [2.05, 4.69) is 5.32 Å². The van der Waals surface area contributed by atoms with Crippen molar-refractivity contribution in [2.24, 2.45) is 11.8 Å². The van der Waals surface area contributed by atoms with Gasteiger partial charge in [-0.2, -0.15) is 0 Å². The van der Waals surface area contributed by atoms with E-state index >= 15 is 0 Å². The van der Waals surface area contributed by atoms with Crippen molar-refractivity contribution >= 4 is 11.9 Å². The van der Waals surface area contributed by atoms with Gasteiger partial charge in [-0.1, -0.05) is 6.92 Å². The Balaban J connectivity index is 2.58. The molecule has 1 rings (SSSR count). The second-order valence-electron chi connectivity index (χ2n) is 5.22. The van der Waals surface area contributed by atoms with Crippen molar-refractivity contribution in [2.45, 2.75) is 39.8 Å². The maximum atomic E-state index is 11.8. The highest BCUT2D eigenvalue weighted by molar-refractivity contribution is 5.81. The van der Waals surface area contributed by atoms with Gasteiger partial charge < -0.3 is 10.4 Å². The van der Waals surface area contributed by atoms with Crippen LogP contribution in [0.5, 0.6) is 0 Å². The fourth-order valence-electron chi connectivity index (χ4n) is 2.21. The smallest absolute Gasteiger partial charge is 0.308 e. The van der Waals surface area contributed by atoms with Crippen LogP contribution in [0.1, 0.15) is 27.7 Å². The van der Waals surface area contributed by atoms with Gasteiger partial charge in [0.15, 0.2) is 0 Å². The van der Waals surface area contributed by atoms with Gasteiger partial charge >= 0.3 is 5.97 Å². The molecule has 1 aliphatic rings. The number of carbonyl (C=O) groups excluding carboxylic acids is 1. The number of hydrogen-bond acceptors (Lipinski definition) is 3. The summed E-state index contributed by atoms with van der Waals surface area (Å²) in [5, 5.41) is 11.9. The van der Waals surface area contributed by atoms with Crippen LogP contribution in [-0.4, -0.2) is 47.1 Å². The van der Waals surface area contributed by atoms with E-state index in [0.29, 0.717) is 13.1 Å². The second kappa shape index (κ2) is 5.49. The first-order chi connectivity index (χ1) is 7.82. The monoisotopic (exact) mass is 242 g/mol. The molecule has 1 amide bonds. The summed E-state index contributed by atoms with van der Waals surface area (Å²) in [7, 11) is 0. The number of nitrogens with zero attached hydrogens (tertiary/aromatic N) is 1. The molecule has 1 heterocycles. The molecule has 3 atom stereocenters. The van der Waals surface area contributed by atoms with Crippen LogP contribution in [0.25, 0.3) is 0 Å². The lowest BCUT2D eigenvalue weighted by Gasteiger charge is -2.24. The summed E-state index contributed by atoms with van der Waals surface area (Å²) in [6, 6.07) is -0.149. The van der Waals surface area contributed by atoms with Gasteiger partial charge in [0.1, 0.15) is 0 Å². The van der Waals surface area contributed by atoms with E-state index in [1.54, 1.807) is 0 Å². The molecule has 0 aromatic carbocycles. The summed E-state index contributed by atoms with van der Waals surface area (Å²) in [6.07, 6.45) is 0. The Morgan fingerprint density at radius 3 is 2.29 bits per heavy atom. The molecule has 0 bridgehead atoms. The Morgan fingerprint density at radius 2 is 1.88 bits per heavy atom. The molecule has 1 aliphatic heterocycles. The van der Waals surface area contributed by atoms with Crippen LogP contribution in [0.4, 0.5) is 0 Å². The Kier molecular flexibility index (Phi) is 4.51. The van der Waals surface area contributed by atoms with Gasteiger partial charge in [-0.05, 0) is 26.7 Å². The molecule has 1 saturated heterocycles. The van der Waals surface area contributed by atoms with E-state index in [9.17, 15) is 9.59 Å². The maximum Gasteiger partial charge on any atom is 0.308 e. The van der Waals surface area contributed by atoms with Crippen LogP contribution in [0.15, 0.2) is 0 Å². The molecular weight excluding hydrogens is 220 g/mol. The Morgan fingerprint density at radius 1 is 1.29 bits per heavy atom. The van der Waals surface area contributed by atoms with E-state index in [4.69, 9.17) is 5.11 Å². The van der Waals surface area contributed by atoms with Crippen LogP contribution in [0.3, 0.4) is 0 Å². The molecule has 5 nitrogen and oxygen atoms in total. The molecule has 17 heavy (non-hydrogen) atoms. The molecule has 0 saturated carbocycles. The number of aliphatic carboxylic acids is 1. The second-order valence-corrected chi connectivity index (χ2v) is 5.22. The van der Waals surface area contributed by atoms with E-state index in [1.807, 2.05) is 32.6 Å². The van der Waals surface area contributed by atoms with E-state index in [0.717, 1.165) is 0 Å². The fourth-order valence-corrected chi connectivity index (χ4v) is 2.21. The number of rotatable bonds is 4. The highest BCUT2D eigenvalue weighted by Crippen LogP contribution is 2.24. The predicted octanol–water partition coefficient (Wildman–Crippen LogP) is 0.552. The van der Waals surface area contributed by atoms with Gasteiger partial charge in [0, 0.05) is 19.1 Å². The average molecular weight is 242 g/mol. The zero-order valence-electron chi connectivity index (χ0n) is 10.9. The normalized spacial score (nSPS) is 27.1. The van der Waals surface area contributed by atoms with Crippen LogP contribution in [0.2, 0.25) is 0 Å². The van der Waals surface area contributed by atoms with Crippen LogP contribution in [-0.2, 0) is 9.59 Å². The SMILES string of the molecule is CC(C)NC(=O)C(C)N1C[C@@H](C)[C@H](C(=O)O)C1. The van der Waals surface area contributed by atoms with Gasteiger partial charge in [-0.25, -0.2) is 0 Å². The third-order valence-corrected chi connectivity index (χ3v) is 3.32. The van der Waals surface area contributed by atoms with Crippen LogP contribution >= 0.6 is 0 Å². The third-order valence-electron chi connectivity index (χ3n) is 3.32. The highest BCUT2D eigenvalue weighted by atomic mass is 16.4. The summed E-state index contributed by atoms with van der Waals surface area (Å²) in [5.74, 6) is -1.05. The van der Waals surface area contributed by atoms with Crippen molar-refractivity contribution in [3.8, 4) is 0 Å². The number of carbonyl (C=O) groups is 2. The fraction of sp³-hybridized carbons (Fsp3) is 0.833. The molecule has 0 aromatic heterocycles.